The number of para-hydroxylation sites is 2. The number of hydrogen-bond acceptors (Lipinski definition) is 4. The van der Waals surface area contributed by atoms with Crippen LogP contribution in [-0.2, 0) is 11.3 Å². The predicted molar refractivity (Wildman–Crippen MR) is 110 cm³/mol. The molecular formula is C23H23FN2O3. The number of anilines is 1. The van der Waals surface area contributed by atoms with Crippen LogP contribution in [0.5, 0.6) is 17.4 Å². The van der Waals surface area contributed by atoms with Crippen LogP contribution in [-0.4, -0.2) is 17.5 Å². The SMILES string of the molecule is CCCOc1ccccc1CN(C(C)=O)c1cccnc1Oc1ccccc1F. The molecule has 150 valence electrons. The number of aromatic nitrogens is 1. The molecule has 2 aromatic carbocycles. The van der Waals surface area contributed by atoms with Crippen molar-refractivity contribution in [3.8, 4) is 17.4 Å². The highest BCUT2D eigenvalue weighted by molar-refractivity contribution is 5.92. The Hall–Kier alpha value is -3.41. The third kappa shape index (κ3) is 5.10. The maximum Gasteiger partial charge on any atom is 0.243 e. The molecule has 1 heterocycles. The minimum atomic E-state index is -0.503. The molecule has 0 N–H and O–H groups in total. The Morgan fingerprint density at radius 1 is 1.03 bits per heavy atom. The van der Waals surface area contributed by atoms with Crippen LogP contribution < -0.4 is 14.4 Å². The van der Waals surface area contributed by atoms with Crippen molar-refractivity contribution in [3.63, 3.8) is 0 Å². The first-order valence-electron chi connectivity index (χ1n) is 9.46. The lowest BCUT2D eigenvalue weighted by molar-refractivity contribution is -0.116. The standard InChI is InChI=1S/C23H23FN2O3/c1-3-15-28-21-12-6-4-9-18(21)16-26(17(2)27)20-11-8-14-25-23(20)29-22-13-7-5-10-19(22)24/h4-14H,3,15-16H2,1-2H3. The number of ether oxygens (including phenoxy) is 2. The fourth-order valence-electron chi connectivity index (χ4n) is 2.82. The number of rotatable bonds is 8. The first kappa shape index (κ1) is 20.3. The van der Waals surface area contributed by atoms with E-state index in [1.807, 2.05) is 31.2 Å². The summed E-state index contributed by atoms with van der Waals surface area (Å²) in [6.07, 6.45) is 2.42. The lowest BCUT2D eigenvalue weighted by Gasteiger charge is -2.24. The molecule has 0 aliphatic heterocycles. The second kappa shape index (κ2) is 9.68. The molecule has 29 heavy (non-hydrogen) atoms. The fraction of sp³-hybridized carbons (Fsp3) is 0.217. The van der Waals surface area contributed by atoms with Crippen molar-refractivity contribution in [2.75, 3.05) is 11.5 Å². The van der Waals surface area contributed by atoms with Gasteiger partial charge in [0.1, 0.15) is 11.4 Å². The van der Waals surface area contributed by atoms with Gasteiger partial charge in [-0.3, -0.25) is 4.79 Å². The number of pyridine rings is 1. The molecule has 6 heteroatoms. The number of carbonyl (C=O) groups excluding carboxylic acids is 1. The average Bonchev–Trinajstić information content (AvgIpc) is 2.73. The Morgan fingerprint density at radius 3 is 2.48 bits per heavy atom. The zero-order valence-electron chi connectivity index (χ0n) is 16.5. The van der Waals surface area contributed by atoms with E-state index in [4.69, 9.17) is 9.47 Å². The van der Waals surface area contributed by atoms with Crippen molar-refractivity contribution in [3.05, 3.63) is 78.2 Å². The van der Waals surface area contributed by atoms with E-state index in [0.29, 0.717) is 12.3 Å². The summed E-state index contributed by atoms with van der Waals surface area (Å²) in [6, 6.07) is 17.1. The van der Waals surface area contributed by atoms with Gasteiger partial charge >= 0.3 is 0 Å². The Balaban J connectivity index is 1.93. The first-order valence-corrected chi connectivity index (χ1v) is 9.46. The van der Waals surface area contributed by atoms with Crippen LogP contribution >= 0.6 is 0 Å². The van der Waals surface area contributed by atoms with Crippen LogP contribution in [0.25, 0.3) is 0 Å². The van der Waals surface area contributed by atoms with E-state index < -0.39 is 5.82 Å². The third-order valence-corrected chi connectivity index (χ3v) is 4.23. The van der Waals surface area contributed by atoms with Gasteiger partial charge in [-0.1, -0.05) is 37.3 Å². The van der Waals surface area contributed by atoms with E-state index in [2.05, 4.69) is 4.98 Å². The van der Waals surface area contributed by atoms with Gasteiger partial charge in [0.15, 0.2) is 11.6 Å². The highest BCUT2D eigenvalue weighted by Crippen LogP contribution is 2.33. The first-order chi connectivity index (χ1) is 14.1. The second-order valence-corrected chi connectivity index (χ2v) is 6.42. The van der Waals surface area contributed by atoms with Crippen molar-refractivity contribution in [2.45, 2.75) is 26.8 Å². The number of amides is 1. The van der Waals surface area contributed by atoms with E-state index in [1.54, 1.807) is 24.3 Å². The molecule has 3 rings (SSSR count). The van der Waals surface area contributed by atoms with Crippen LogP contribution in [0.15, 0.2) is 66.9 Å². The number of benzene rings is 2. The van der Waals surface area contributed by atoms with Gasteiger partial charge < -0.3 is 14.4 Å². The molecular weight excluding hydrogens is 371 g/mol. The summed E-state index contributed by atoms with van der Waals surface area (Å²) in [5.74, 6) is 0.224. The average molecular weight is 394 g/mol. The van der Waals surface area contributed by atoms with Crippen LogP contribution in [0.3, 0.4) is 0 Å². The van der Waals surface area contributed by atoms with E-state index in [0.717, 1.165) is 17.7 Å². The van der Waals surface area contributed by atoms with Gasteiger partial charge in [-0.25, -0.2) is 9.37 Å². The maximum atomic E-state index is 14.0. The van der Waals surface area contributed by atoms with E-state index in [-0.39, 0.29) is 24.1 Å². The zero-order valence-corrected chi connectivity index (χ0v) is 16.5. The normalized spacial score (nSPS) is 10.4. The highest BCUT2D eigenvalue weighted by atomic mass is 19.1. The Morgan fingerprint density at radius 2 is 1.76 bits per heavy atom. The molecule has 0 bridgehead atoms. The lowest BCUT2D eigenvalue weighted by Crippen LogP contribution is -2.28. The molecule has 0 saturated carbocycles. The second-order valence-electron chi connectivity index (χ2n) is 6.42. The molecule has 0 radical (unpaired) electrons. The van der Waals surface area contributed by atoms with Crippen LogP contribution in [0, 0.1) is 5.82 Å². The van der Waals surface area contributed by atoms with Gasteiger partial charge in [0.2, 0.25) is 11.8 Å². The van der Waals surface area contributed by atoms with Gasteiger partial charge in [-0.15, -0.1) is 0 Å². The Kier molecular flexibility index (Phi) is 6.79. The minimum absolute atomic E-state index is 0.0441. The van der Waals surface area contributed by atoms with E-state index in [1.165, 1.54) is 30.2 Å². The van der Waals surface area contributed by atoms with Gasteiger partial charge in [0, 0.05) is 18.7 Å². The van der Waals surface area contributed by atoms with Gasteiger partial charge in [0.25, 0.3) is 0 Å². The van der Waals surface area contributed by atoms with Crippen molar-refractivity contribution in [1.29, 1.82) is 0 Å². The number of nitrogens with zero attached hydrogens (tertiary/aromatic N) is 2. The maximum absolute atomic E-state index is 14.0. The Bertz CT molecular complexity index is 978. The molecule has 1 amide bonds. The summed E-state index contributed by atoms with van der Waals surface area (Å²) in [4.78, 5) is 18.2. The fourth-order valence-corrected chi connectivity index (χ4v) is 2.82. The number of hydrogen-bond donors (Lipinski definition) is 0. The van der Waals surface area contributed by atoms with Gasteiger partial charge in [-0.2, -0.15) is 0 Å². The zero-order chi connectivity index (χ0) is 20.6. The quantitative estimate of drug-likeness (QED) is 0.516. The predicted octanol–water partition coefficient (Wildman–Crippen LogP) is 5.35. The van der Waals surface area contributed by atoms with Gasteiger partial charge in [-0.05, 0) is 36.8 Å². The highest BCUT2D eigenvalue weighted by Gasteiger charge is 2.20. The summed E-state index contributed by atoms with van der Waals surface area (Å²) >= 11 is 0. The lowest BCUT2D eigenvalue weighted by atomic mass is 10.1. The summed E-state index contributed by atoms with van der Waals surface area (Å²) in [5, 5.41) is 0. The molecule has 0 unspecified atom stereocenters. The molecule has 0 atom stereocenters. The molecule has 0 aliphatic rings. The molecule has 0 saturated heterocycles. The summed E-state index contributed by atoms with van der Waals surface area (Å²) < 4.78 is 25.5. The third-order valence-electron chi connectivity index (χ3n) is 4.23. The summed E-state index contributed by atoms with van der Waals surface area (Å²) in [6.45, 7) is 4.36. The molecule has 3 aromatic rings. The molecule has 1 aromatic heterocycles. The van der Waals surface area contributed by atoms with Crippen LogP contribution in [0.4, 0.5) is 10.1 Å². The Labute approximate surface area is 169 Å². The summed E-state index contributed by atoms with van der Waals surface area (Å²) in [5.41, 5.74) is 1.31. The largest absolute Gasteiger partial charge is 0.493 e. The topological polar surface area (TPSA) is 51.7 Å². The molecule has 0 spiro atoms. The van der Waals surface area contributed by atoms with Crippen LogP contribution in [0.2, 0.25) is 0 Å². The minimum Gasteiger partial charge on any atom is -0.493 e. The van der Waals surface area contributed by atoms with Crippen molar-refractivity contribution in [1.82, 2.24) is 4.98 Å². The molecule has 5 nitrogen and oxygen atoms in total. The number of halogens is 1. The number of carbonyl (C=O) groups is 1. The monoisotopic (exact) mass is 394 g/mol. The van der Waals surface area contributed by atoms with Gasteiger partial charge in [0.05, 0.1) is 13.2 Å². The smallest absolute Gasteiger partial charge is 0.243 e. The molecule has 0 aliphatic carbocycles. The van der Waals surface area contributed by atoms with Crippen molar-refractivity contribution >= 4 is 11.6 Å². The van der Waals surface area contributed by atoms with Crippen LogP contribution in [0.1, 0.15) is 25.8 Å². The van der Waals surface area contributed by atoms with Crippen molar-refractivity contribution in [2.24, 2.45) is 0 Å². The van der Waals surface area contributed by atoms with E-state index >= 15 is 0 Å². The molecule has 0 fully saturated rings. The van der Waals surface area contributed by atoms with Crippen molar-refractivity contribution < 1.29 is 18.7 Å². The van der Waals surface area contributed by atoms with E-state index in [9.17, 15) is 9.18 Å². The summed E-state index contributed by atoms with van der Waals surface area (Å²) in [7, 11) is 0.